The van der Waals surface area contributed by atoms with Crippen LogP contribution in [0.25, 0.3) is 0 Å². The van der Waals surface area contributed by atoms with Gasteiger partial charge < -0.3 is 0 Å². The van der Waals surface area contributed by atoms with Gasteiger partial charge in [-0.05, 0) is 71.4 Å². The van der Waals surface area contributed by atoms with Gasteiger partial charge in [-0.15, -0.1) is 0 Å². The number of rotatable bonds is 5. The van der Waals surface area contributed by atoms with Crippen LogP contribution in [0.15, 0.2) is 24.3 Å². The number of benzene rings is 1. The molecule has 1 aromatic carbocycles. The van der Waals surface area contributed by atoms with Crippen LogP contribution in [0.5, 0.6) is 0 Å². The van der Waals surface area contributed by atoms with E-state index >= 15 is 0 Å². The first-order valence-electron chi connectivity index (χ1n) is 6.91. The molecule has 3 N–H and O–H groups in total. The van der Waals surface area contributed by atoms with Crippen LogP contribution in [0.1, 0.15) is 44.6 Å². The molecule has 0 aliphatic heterocycles. The molecule has 1 aliphatic carbocycles. The minimum absolute atomic E-state index is 0.407. The summed E-state index contributed by atoms with van der Waals surface area (Å²) in [7, 11) is 0. The van der Waals surface area contributed by atoms with Gasteiger partial charge in [0.25, 0.3) is 0 Å². The van der Waals surface area contributed by atoms with Gasteiger partial charge in [-0.3, -0.25) is 11.3 Å². The Morgan fingerprint density at radius 2 is 1.89 bits per heavy atom. The molecule has 100 valence electrons. The molecule has 0 saturated heterocycles. The fraction of sp³-hybridized carbons (Fsp3) is 0.600. The number of nitrogens with one attached hydrogen (secondary N) is 1. The maximum Gasteiger partial charge on any atom is 0.0307 e. The molecule has 1 aliphatic rings. The van der Waals surface area contributed by atoms with Gasteiger partial charge >= 0.3 is 0 Å². The Labute approximate surface area is 124 Å². The highest BCUT2D eigenvalue weighted by Crippen LogP contribution is 2.44. The summed E-state index contributed by atoms with van der Waals surface area (Å²) in [5, 5.41) is 0. The van der Waals surface area contributed by atoms with Gasteiger partial charge in [-0.1, -0.05) is 31.9 Å². The van der Waals surface area contributed by atoms with E-state index in [9.17, 15) is 0 Å². The molecule has 1 fully saturated rings. The molecule has 1 atom stereocenters. The lowest BCUT2D eigenvalue weighted by atomic mass is 9.74. The van der Waals surface area contributed by atoms with Gasteiger partial charge in [0.2, 0.25) is 0 Å². The third-order valence-electron chi connectivity index (χ3n) is 4.60. The number of hydrogen-bond acceptors (Lipinski definition) is 2. The zero-order valence-electron chi connectivity index (χ0n) is 11.1. The van der Waals surface area contributed by atoms with Gasteiger partial charge in [0.1, 0.15) is 0 Å². The van der Waals surface area contributed by atoms with Crippen molar-refractivity contribution in [3.63, 3.8) is 0 Å². The Hall–Kier alpha value is -0.130. The molecule has 0 radical (unpaired) electrons. The molecular formula is C15H23IN2. The summed E-state index contributed by atoms with van der Waals surface area (Å²) in [5.74, 6) is 5.84. The summed E-state index contributed by atoms with van der Waals surface area (Å²) in [6, 6.07) is 9.22. The van der Waals surface area contributed by atoms with Crippen molar-refractivity contribution in [2.24, 2.45) is 11.3 Å². The molecule has 0 amide bonds. The molecule has 0 heterocycles. The van der Waals surface area contributed by atoms with E-state index in [0.717, 1.165) is 6.42 Å². The largest absolute Gasteiger partial charge is 0.271 e. The summed E-state index contributed by atoms with van der Waals surface area (Å²) in [6.45, 7) is 2.31. The number of hydrazine groups is 1. The standard InChI is InChI=1S/C15H23IN2/c1-2-15(9-3-4-10-15)14(18-17)11-12-5-7-13(16)8-6-12/h5-8,14,18H,2-4,9-11,17H2,1H3. The lowest BCUT2D eigenvalue weighted by molar-refractivity contribution is 0.185. The average Bonchev–Trinajstić information content (AvgIpc) is 2.88. The Balaban J connectivity index is 2.11. The Morgan fingerprint density at radius 3 is 2.39 bits per heavy atom. The van der Waals surface area contributed by atoms with E-state index in [1.807, 2.05) is 0 Å². The summed E-state index contributed by atoms with van der Waals surface area (Å²) < 4.78 is 1.29. The first kappa shape index (κ1) is 14.3. The topological polar surface area (TPSA) is 38.0 Å². The molecule has 1 unspecified atom stereocenters. The van der Waals surface area contributed by atoms with E-state index in [2.05, 4.69) is 59.2 Å². The highest BCUT2D eigenvalue weighted by molar-refractivity contribution is 14.1. The molecule has 18 heavy (non-hydrogen) atoms. The van der Waals surface area contributed by atoms with E-state index in [0.29, 0.717) is 11.5 Å². The van der Waals surface area contributed by atoms with Crippen molar-refractivity contribution < 1.29 is 0 Å². The van der Waals surface area contributed by atoms with Crippen molar-refractivity contribution in [3.05, 3.63) is 33.4 Å². The van der Waals surface area contributed by atoms with Crippen molar-refractivity contribution in [2.75, 3.05) is 0 Å². The predicted octanol–water partition coefficient (Wildman–Crippen LogP) is 3.64. The molecule has 2 nitrogen and oxygen atoms in total. The van der Waals surface area contributed by atoms with Crippen molar-refractivity contribution in [1.29, 1.82) is 0 Å². The van der Waals surface area contributed by atoms with E-state index in [-0.39, 0.29) is 0 Å². The van der Waals surface area contributed by atoms with Gasteiger partial charge in [-0.2, -0.15) is 0 Å². The minimum Gasteiger partial charge on any atom is -0.271 e. The van der Waals surface area contributed by atoms with Crippen molar-refractivity contribution in [3.8, 4) is 0 Å². The second-order valence-electron chi connectivity index (χ2n) is 5.47. The molecule has 0 bridgehead atoms. The van der Waals surface area contributed by atoms with Crippen molar-refractivity contribution in [1.82, 2.24) is 5.43 Å². The first-order chi connectivity index (χ1) is 8.70. The summed E-state index contributed by atoms with van der Waals surface area (Å²) >= 11 is 2.35. The molecule has 2 rings (SSSR count). The number of nitrogens with two attached hydrogens (primary N) is 1. The maximum absolute atomic E-state index is 5.84. The van der Waals surface area contributed by atoms with Gasteiger partial charge in [-0.25, -0.2) is 0 Å². The highest BCUT2D eigenvalue weighted by atomic mass is 127. The quantitative estimate of drug-likeness (QED) is 0.479. The molecular weight excluding hydrogens is 335 g/mol. The van der Waals surface area contributed by atoms with E-state index in [4.69, 9.17) is 5.84 Å². The van der Waals surface area contributed by atoms with Crippen LogP contribution in [-0.2, 0) is 6.42 Å². The molecule has 1 aromatic rings. The van der Waals surface area contributed by atoms with Crippen molar-refractivity contribution in [2.45, 2.75) is 51.5 Å². The van der Waals surface area contributed by atoms with Crippen LogP contribution in [0.2, 0.25) is 0 Å². The zero-order valence-corrected chi connectivity index (χ0v) is 13.2. The SMILES string of the molecule is CCC1(C(Cc2ccc(I)cc2)NN)CCCC1. The smallest absolute Gasteiger partial charge is 0.0307 e. The fourth-order valence-electron chi connectivity index (χ4n) is 3.34. The first-order valence-corrected chi connectivity index (χ1v) is 7.98. The van der Waals surface area contributed by atoms with E-state index in [1.54, 1.807) is 0 Å². The maximum atomic E-state index is 5.84. The minimum atomic E-state index is 0.407. The van der Waals surface area contributed by atoms with Gasteiger partial charge in [0, 0.05) is 9.61 Å². The Kier molecular flexibility index (Phi) is 5.04. The van der Waals surface area contributed by atoms with E-state index < -0.39 is 0 Å². The van der Waals surface area contributed by atoms with Gasteiger partial charge in [0.05, 0.1) is 0 Å². The monoisotopic (exact) mass is 358 g/mol. The zero-order chi connectivity index (χ0) is 13.0. The molecule has 3 heteroatoms. The molecule has 1 saturated carbocycles. The summed E-state index contributed by atoms with van der Waals surface area (Å²) in [5.41, 5.74) is 4.90. The second-order valence-corrected chi connectivity index (χ2v) is 6.72. The normalized spacial score (nSPS) is 19.9. The van der Waals surface area contributed by atoms with E-state index in [1.165, 1.54) is 41.2 Å². The highest BCUT2D eigenvalue weighted by Gasteiger charge is 2.39. The Bertz CT molecular complexity index is 369. The van der Waals surface area contributed by atoms with Crippen LogP contribution in [0.3, 0.4) is 0 Å². The predicted molar refractivity (Wildman–Crippen MR) is 85.2 cm³/mol. The lowest BCUT2D eigenvalue weighted by Crippen LogP contribution is -2.48. The van der Waals surface area contributed by atoms with Crippen LogP contribution in [-0.4, -0.2) is 6.04 Å². The third kappa shape index (κ3) is 3.06. The lowest BCUT2D eigenvalue weighted by Gasteiger charge is -2.36. The number of halogens is 1. The fourth-order valence-corrected chi connectivity index (χ4v) is 3.70. The van der Waals surface area contributed by atoms with Crippen molar-refractivity contribution >= 4 is 22.6 Å². The third-order valence-corrected chi connectivity index (χ3v) is 5.32. The number of hydrogen-bond donors (Lipinski definition) is 2. The average molecular weight is 358 g/mol. The van der Waals surface area contributed by atoms with Crippen LogP contribution in [0, 0.1) is 8.99 Å². The second kappa shape index (κ2) is 6.35. The Morgan fingerprint density at radius 1 is 1.28 bits per heavy atom. The van der Waals surface area contributed by atoms with Crippen LogP contribution < -0.4 is 11.3 Å². The molecule has 0 spiro atoms. The summed E-state index contributed by atoms with van der Waals surface area (Å²) in [4.78, 5) is 0. The van der Waals surface area contributed by atoms with Crippen LogP contribution >= 0.6 is 22.6 Å². The summed E-state index contributed by atoms with van der Waals surface area (Å²) in [6.07, 6.45) is 7.64. The van der Waals surface area contributed by atoms with Gasteiger partial charge in [0.15, 0.2) is 0 Å². The molecule has 0 aromatic heterocycles. The van der Waals surface area contributed by atoms with Crippen LogP contribution in [0.4, 0.5) is 0 Å².